The topological polar surface area (TPSA) is 102 Å². The molecule has 0 fully saturated rings. The number of hydrogen-bond donors (Lipinski definition) is 2. The van der Waals surface area contributed by atoms with Crippen LogP contribution < -0.4 is 5.32 Å². The Kier molecular flexibility index (Phi) is 13.5. The van der Waals surface area contributed by atoms with Gasteiger partial charge in [0.25, 0.3) is 0 Å². The van der Waals surface area contributed by atoms with Gasteiger partial charge in [0.05, 0.1) is 5.92 Å². The SMILES string of the molecule is C=CC(C)=C(C=CCC)C(CCCCCC(NC(=O)OC(C)(C)C)C(=O)O)C(=O)OC(C)(C)C. The van der Waals surface area contributed by atoms with Gasteiger partial charge in [-0.05, 0) is 78.9 Å². The van der Waals surface area contributed by atoms with Crippen molar-refractivity contribution in [1.82, 2.24) is 5.32 Å². The van der Waals surface area contributed by atoms with Crippen molar-refractivity contribution in [3.63, 3.8) is 0 Å². The summed E-state index contributed by atoms with van der Waals surface area (Å²) in [5, 5.41) is 11.9. The summed E-state index contributed by atoms with van der Waals surface area (Å²) in [6, 6.07) is -1.03. The molecule has 0 saturated carbocycles. The largest absolute Gasteiger partial charge is 0.480 e. The Labute approximate surface area is 205 Å². The summed E-state index contributed by atoms with van der Waals surface area (Å²) in [5.41, 5.74) is 0.512. The van der Waals surface area contributed by atoms with Crippen LogP contribution in [0.4, 0.5) is 4.79 Å². The molecule has 0 heterocycles. The molecule has 0 aromatic carbocycles. The molecule has 0 aliphatic carbocycles. The van der Waals surface area contributed by atoms with E-state index in [0.717, 1.165) is 17.6 Å². The molecule has 7 heteroatoms. The van der Waals surface area contributed by atoms with Crippen LogP contribution in [0.15, 0.2) is 36.0 Å². The monoisotopic (exact) mass is 479 g/mol. The highest BCUT2D eigenvalue weighted by Gasteiger charge is 2.28. The van der Waals surface area contributed by atoms with Crippen LogP contribution in [0.25, 0.3) is 0 Å². The zero-order valence-corrected chi connectivity index (χ0v) is 22.3. The average molecular weight is 480 g/mol. The number of esters is 1. The molecule has 194 valence electrons. The normalized spacial score (nSPS) is 14.7. The molecule has 0 aliphatic heterocycles. The lowest BCUT2D eigenvalue weighted by Gasteiger charge is -2.25. The van der Waals surface area contributed by atoms with E-state index in [1.54, 1.807) is 26.8 Å². The molecule has 0 bridgehead atoms. The van der Waals surface area contributed by atoms with Crippen LogP contribution in [0, 0.1) is 5.92 Å². The lowest BCUT2D eigenvalue weighted by atomic mass is 9.88. The Balaban J connectivity index is 5.19. The van der Waals surface area contributed by atoms with E-state index < -0.39 is 35.2 Å². The molecule has 34 heavy (non-hydrogen) atoms. The molecular formula is C27H45NO6. The standard InChI is InChI=1S/C27H45NO6/c1-10-12-16-20(19(3)11-2)21(24(31)33-26(4,5)6)17-14-13-15-18-22(23(29)30)28-25(32)34-27(7,8)9/h11-12,16,21-22H,2,10,13-15,17-18H2,1,3-9H3,(H,28,32)(H,29,30). The van der Waals surface area contributed by atoms with Gasteiger partial charge in [0.15, 0.2) is 0 Å². The fourth-order valence-electron chi connectivity index (χ4n) is 3.24. The summed E-state index contributed by atoms with van der Waals surface area (Å²) in [7, 11) is 0. The minimum atomic E-state index is -1.10. The Morgan fingerprint density at radius 1 is 0.971 bits per heavy atom. The van der Waals surface area contributed by atoms with Gasteiger partial charge in [-0.1, -0.05) is 51.0 Å². The van der Waals surface area contributed by atoms with Crippen LogP contribution in [0.2, 0.25) is 0 Å². The van der Waals surface area contributed by atoms with Crippen LogP contribution in [0.5, 0.6) is 0 Å². The highest BCUT2D eigenvalue weighted by atomic mass is 16.6. The minimum Gasteiger partial charge on any atom is -0.480 e. The third-order valence-electron chi connectivity index (χ3n) is 4.84. The number of amides is 1. The fraction of sp³-hybridized carbons (Fsp3) is 0.667. The van der Waals surface area contributed by atoms with Crippen molar-refractivity contribution in [2.45, 2.75) is 111 Å². The first-order chi connectivity index (χ1) is 15.6. The average Bonchev–Trinajstić information content (AvgIpc) is 2.67. The quantitative estimate of drug-likeness (QED) is 0.181. The number of aliphatic carboxylic acids is 1. The zero-order valence-electron chi connectivity index (χ0n) is 22.3. The smallest absolute Gasteiger partial charge is 0.408 e. The first kappa shape index (κ1) is 31.4. The van der Waals surface area contributed by atoms with Gasteiger partial charge in [0.2, 0.25) is 0 Å². The number of unbranched alkanes of at least 4 members (excludes halogenated alkanes) is 2. The summed E-state index contributed by atoms with van der Waals surface area (Å²) < 4.78 is 10.8. The molecule has 2 unspecified atom stereocenters. The number of rotatable bonds is 13. The number of carbonyl (C=O) groups is 3. The molecule has 7 nitrogen and oxygen atoms in total. The summed E-state index contributed by atoms with van der Waals surface area (Å²) in [6.07, 6.45) is 8.66. The third kappa shape index (κ3) is 13.9. The second-order valence-electron chi connectivity index (χ2n) is 10.4. The highest BCUT2D eigenvalue weighted by Crippen LogP contribution is 2.27. The van der Waals surface area contributed by atoms with E-state index in [4.69, 9.17) is 9.47 Å². The molecule has 0 aliphatic rings. The molecule has 1 amide bonds. The number of hydrogen-bond acceptors (Lipinski definition) is 5. The summed E-state index contributed by atoms with van der Waals surface area (Å²) in [4.78, 5) is 36.5. The van der Waals surface area contributed by atoms with Crippen LogP contribution in [-0.2, 0) is 19.1 Å². The van der Waals surface area contributed by atoms with E-state index in [-0.39, 0.29) is 12.4 Å². The molecule has 0 radical (unpaired) electrons. The summed E-state index contributed by atoms with van der Waals surface area (Å²) >= 11 is 0. The number of carbonyl (C=O) groups excluding carboxylic acids is 2. The summed E-state index contributed by atoms with van der Waals surface area (Å²) in [6.45, 7) is 18.5. The molecule has 0 spiro atoms. The van der Waals surface area contributed by atoms with Crippen LogP contribution >= 0.6 is 0 Å². The molecule has 0 rings (SSSR count). The van der Waals surface area contributed by atoms with Gasteiger partial charge >= 0.3 is 18.0 Å². The van der Waals surface area contributed by atoms with E-state index in [1.165, 1.54) is 0 Å². The third-order valence-corrected chi connectivity index (χ3v) is 4.84. The van der Waals surface area contributed by atoms with Crippen molar-refractivity contribution < 1.29 is 29.0 Å². The molecule has 0 aromatic heterocycles. The Morgan fingerprint density at radius 2 is 1.53 bits per heavy atom. The minimum absolute atomic E-state index is 0.274. The van der Waals surface area contributed by atoms with Crippen molar-refractivity contribution in [2.24, 2.45) is 5.92 Å². The predicted molar refractivity (Wildman–Crippen MR) is 136 cm³/mol. The highest BCUT2D eigenvalue weighted by molar-refractivity contribution is 5.80. The van der Waals surface area contributed by atoms with Gasteiger partial charge in [0, 0.05) is 0 Å². The van der Waals surface area contributed by atoms with Gasteiger partial charge in [-0.2, -0.15) is 0 Å². The predicted octanol–water partition coefficient (Wildman–Crippen LogP) is 6.34. The van der Waals surface area contributed by atoms with E-state index in [0.29, 0.717) is 25.7 Å². The Bertz CT molecular complexity index is 752. The zero-order chi connectivity index (χ0) is 26.5. The van der Waals surface area contributed by atoms with Crippen LogP contribution in [0.1, 0.15) is 93.9 Å². The lowest BCUT2D eigenvalue weighted by Crippen LogP contribution is -2.43. The second-order valence-corrected chi connectivity index (χ2v) is 10.4. The van der Waals surface area contributed by atoms with Crippen LogP contribution in [0.3, 0.4) is 0 Å². The van der Waals surface area contributed by atoms with Crippen molar-refractivity contribution in [3.8, 4) is 0 Å². The first-order valence-corrected chi connectivity index (χ1v) is 12.1. The van der Waals surface area contributed by atoms with Gasteiger partial charge in [-0.25, -0.2) is 9.59 Å². The van der Waals surface area contributed by atoms with Gasteiger partial charge in [-0.15, -0.1) is 0 Å². The molecule has 2 N–H and O–H groups in total. The molecule has 0 saturated heterocycles. The second kappa shape index (κ2) is 14.6. The maximum atomic E-state index is 13.0. The summed E-state index contributed by atoms with van der Waals surface area (Å²) in [5.74, 6) is -1.82. The number of ether oxygens (including phenoxy) is 2. The van der Waals surface area contributed by atoms with Gasteiger partial charge in [0.1, 0.15) is 17.2 Å². The van der Waals surface area contributed by atoms with Crippen molar-refractivity contribution >= 4 is 18.0 Å². The van der Waals surface area contributed by atoms with E-state index >= 15 is 0 Å². The number of allylic oxidation sites excluding steroid dienone is 4. The van der Waals surface area contributed by atoms with E-state index in [1.807, 2.05) is 46.8 Å². The lowest BCUT2D eigenvalue weighted by molar-refractivity contribution is -0.158. The van der Waals surface area contributed by atoms with E-state index in [9.17, 15) is 19.5 Å². The molecular weight excluding hydrogens is 434 g/mol. The van der Waals surface area contributed by atoms with Gasteiger partial charge in [-0.3, -0.25) is 4.79 Å². The maximum absolute atomic E-state index is 13.0. The number of carboxylic acids is 1. The number of carboxylic acid groups (broad SMARTS) is 1. The van der Waals surface area contributed by atoms with Crippen molar-refractivity contribution in [3.05, 3.63) is 36.0 Å². The maximum Gasteiger partial charge on any atom is 0.408 e. The van der Waals surface area contributed by atoms with Crippen molar-refractivity contribution in [2.75, 3.05) is 0 Å². The first-order valence-electron chi connectivity index (χ1n) is 12.1. The Hall–Kier alpha value is -2.57. The van der Waals surface area contributed by atoms with Gasteiger partial charge < -0.3 is 19.9 Å². The van der Waals surface area contributed by atoms with E-state index in [2.05, 4.69) is 11.9 Å². The Morgan fingerprint density at radius 3 is 2.00 bits per heavy atom. The molecule has 2 atom stereocenters. The number of nitrogens with one attached hydrogen (secondary N) is 1. The fourth-order valence-corrected chi connectivity index (χ4v) is 3.24. The molecule has 0 aromatic rings. The van der Waals surface area contributed by atoms with Crippen LogP contribution in [-0.4, -0.2) is 40.4 Å². The number of alkyl carbamates (subject to hydrolysis) is 1. The van der Waals surface area contributed by atoms with Crippen molar-refractivity contribution in [1.29, 1.82) is 0 Å².